The van der Waals surface area contributed by atoms with E-state index in [0.29, 0.717) is 25.7 Å². The molecule has 2 rings (SSSR count). The van der Waals surface area contributed by atoms with E-state index in [1.165, 1.54) is 4.88 Å². The molecule has 0 radical (unpaired) electrons. The second kappa shape index (κ2) is 6.14. The van der Waals surface area contributed by atoms with Crippen molar-refractivity contribution in [3.8, 4) is 0 Å². The van der Waals surface area contributed by atoms with E-state index in [1.54, 1.807) is 11.3 Å². The van der Waals surface area contributed by atoms with Gasteiger partial charge in [-0.2, -0.15) is 0 Å². The zero-order valence-electron chi connectivity index (χ0n) is 9.80. The lowest BCUT2D eigenvalue weighted by atomic mass is 10.4. The summed E-state index contributed by atoms with van der Waals surface area (Å²) in [5.74, 6) is 0.0781. The van der Waals surface area contributed by atoms with E-state index < -0.39 is 0 Å². The number of nitrogens with two attached hydrogens (primary N) is 1. The summed E-state index contributed by atoms with van der Waals surface area (Å²) in [6.45, 7) is 1.77. The molecule has 1 fully saturated rings. The third-order valence-corrected chi connectivity index (χ3v) is 3.56. The molecule has 1 aliphatic carbocycles. The lowest BCUT2D eigenvalue weighted by molar-refractivity contribution is -0.137. The predicted octanol–water partition coefficient (Wildman–Crippen LogP) is 1.21. The molecule has 0 spiro atoms. The first-order valence-electron chi connectivity index (χ1n) is 5.91. The molecule has 1 saturated carbocycles. The molecule has 0 aromatic carbocycles. The molecule has 1 aliphatic rings. The number of hydrogen-bond donors (Lipinski definition) is 1. The largest absolute Gasteiger partial charge is 0.370 e. The summed E-state index contributed by atoms with van der Waals surface area (Å²) < 4.78 is 5.21. The molecule has 1 aromatic heterocycles. The molecule has 0 saturated heterocycles. The highest BCUT2D eigenvalue weighted by Crippen LogP contribution is 2.29. The first-order valence-corrected chi connectivity index (χ1v) is 6.79. The number of hydrogen-bond acceptors (Lipinski definition) is 4. The first-order chi connectivity index (χ1) is 8.31. The van der Waals surface area contributed by atoms with Gasteiger partial charge >= 0.3 is 0 Å². The summed E-state index contributed by atoms with van der Waals surface area (Å²) in [5, 5.41) is 2.04. The number of rotatable bonds is 7. The molecule has 0 bridgehead atoms. The Bertz CT molecular complexity index is 349. The zero-order chi connectivity index (χ0) is 12.1. The maximum Gasteiger partial charge on any atom is 0.249 e. The lowest BCUT2D eigenvalue weighted by Gasteiger charge is -2.21. The van der Waals surface area contributed by atoms with Crippen LogP contribution in [0.1, 0.15) is 17.7 Å². The molecule has 0 unspecified atom stereocenters. The molecule has 1 heterocycles. The van der Waals surface area contributed by atoms with Gasteiger partial charge in [-0.1, -0.05) is 6.07 Å². The van der Waals surface area contributed by atoms with E-state index in [0.717, 1.165) is 12.8 Å². The highest BCUT2D eigenvalue weighted by Gasteiger charge is 2.32. The van der Waals surface area contributed by atoms with Gasteiger partial charge in [0.2, 0.25) is 5.91 Å². The summed E-state index contributed by atoms with van der Waals surface area (Å²) in [4.78, 5) is 15.1. The average Bonchev–Trinajstić information content (AvgIpc) is 3.03. The van der Waals surface area contributed by atoms with Crippen molar-refractivity contribution in [3.05, 3.63) is 22.4 Å². The third kappa shape index (κ3) is 3.80. The minimum Gasteiger partial charge on any atom is -0.370 e. The van der Waals surface area contributed by atoms with Crippen LogP contribution < -0.4 is 5.73 Å². The number of thiophene rings is 1. The Balaban J connectivity index is 1.86. The number of amides is 1. The van der Waals surface area contributed by atoms with Crippen molar-refractivity contribution in [1.29, 1.82) is 0 Å². The van der Waals surface area contributed by atoms with E-state index in [-0.39, 0.29) is 12.5 Å². The quantitative estimate of drug-likeness (QED) is 0.744. The van der Waals surface area contributed by atoms with Crippen molar-refractivity contribution in [2.45, 2.75) is 25.4 Å². The van der Waals surface area contributed by atoms with Crippen LogP contribution in [0, 0.1) is 0 Å². The van der Waals surface area contributed by atoms with E-state index in [2.05, 4.69) is 6.07 Å². The van der Waals surface area contributed by atoms with Gasteiger partial charge in [-0.15, -0.1) is 11.3 Å². The highest BCUT2D eigenvalue weighted by molar-refractivity contribution is 7.09. The maximum atomic E-state index is 12.0. The van der Waals surface area contributed by atoms with Crippen molar-refractivity contribution in [3.63, 3.8) is 0 Å². The first kappa shape index (κ1) is 12.5. The predicted molar refractivity (Wildman–Crippen MR) is 67.8 cm³/mol. The molecule has 17 heavy (non-hydrogen) atoms. The van der Waals surface area contributed by atoms with Crippen LogP contribution >= 0.6 is 11.3 Å². The molecule has 94 valence electrons. The number of ether oxygens (including phenoxy) is 1. The Hall–Kier alpha value is -0.910. The zero-order valence-corrected chi connectivity index (χ0v) is 10.6. The Morgan fingerprint density at radius 3 is 3.00 bits per heavy atom. The molecule has 2 N–H and O–H groups in total. The van der Waals surface area contributed by atoms with Crippen LogP contribution in [0.4, 0.5) is 0 Å². The van der Waals surface area contributed by atoms with E-state index in [9.17, 15) is 4.79 Å². The summed E-state index contributed by atoms with van der Waals surface area (Å²) >= 11 is 1.69. The number of carbonyl (C=O) groups excluding carboxylic acids is 1. The van der Waals surface area contributed by atoms with Gasteiger partial charge in [-0.25, -0.2) is 0 Å². The summed E-state index contributed by atoms with van der Waals surface area (Å²) in [7, 11) is 0. The second-order valence-electron chi connectivity index (χ2n) is 4.17. The van der Waals surface area contributed by atoms with Crippen molar-refractivity contribution in [2.24, 2.45) is 5.73 Å². The molecule has 1 amide bonds. The van der Waals surface area contributed by atoms with Crippen LogP contribution in [0.25, 0.3) is 0 Å². The van der Waals surface area contributed by atoms with Crippen molar-refractivity contribution >= 4 is 17.2 Å². The van der Waals surface area contributed by atoms with Gasteiger partial charge in [0.15, 0.2) is 0 Å². The Morgan fingerprint density at radius 2 is 2.41 bits per heavy atom. The van der Waals surface area contributed by atoms with Gasteiger partial charge in [-0.3, -0.25) is 4.79 Å². The van der Waals surface area contributed by atoms with E-state index in [4.69, 9.17) is 10.5 Å². The van der Waals surface area contributed by atoms with E-state index in [1.807, 2.05) is 16.3 Å². The van der Waals surface area contributed by atoms with Gasteiger partial charge < -0.3 is 15.4 Å². The molecule has 5 heteroatoms. The van der Waals surface area contributed by atoms with Crippen LogP contribution in [-0.4, -0.2) is 36.6 Å². The Morgan fingerprint density at radius 1 is 1.59 bits per heavy atom. The standard InChI is InChI=1S/C12H18N2O2S/c13-5-6-16-9-12(15)14(10-3-4-10)8-11-2-1-7-17-11/h1-2,7,10H,3-6,8-9,13H2. The highest BCUT2D eigenvalue weighted by atomic mass is 32.1. The van der Waals surface area contributed by atoms with Crippen LogP contribution in [0.3, 0.4) is 0 Å². The third-order valence-electron chi connectivity index (χ3n) is 2.70. The van der Waals surface area contributed by atoms with Gasteiger partial charge in [0, 0.05) is 17.5 Å². The molecule has 0 aliphatic heterocycles. The van der Waals surface area contributed by atoms with Crippen LogP contribution in [0.2, 0.25) is 0 Å². The molecular formula is C12H18N2O2S. The molecular weight excluding hydrogens is 236 g/mol. The lowest BCUT2D eigenvalue weighted by Crippen LogP contribution is -2.35. The van der Waals surface area contributed by atoms with Gasteiger partial charge in [-0.05, 0) is 24.3 Å². The van der Waals surface area contributed by atoms with Crippen LogP contribution in [0.15, 0.2) is 17.5 Å². The van der Waals surface area contributed by atoms with E-state index >= 15 is 0 Å². The number of nitrogens with zero attached hydrogens (tertiary/aromatic N) is 1. The fraction of sp³-hybridized carbons (Fsp3) is 0.583. The smallest absolute Gasteiger partial charge is 0.249 e. The SMILES string of the molecule is NCCOCC(=O)N(Cc1cccs1)C1CC1. The monoisotopic (exact) mass is 254 g/mol. The van der Waals surface area contributed by atoms with Crippen molar-refractivity contribution < 1.29 is 9.53 Å². The Kier molecular flexibility index (Phi) is 4.53. The minimum absolute atomic E-state index is 0.0781. The summed E-state index contributed by atoms with van der Waals surface area (Å²) in [5.41, 5.74) is 5.32. The second-order valence-corrected chi connectivity index (χ2v) is 5.21. The van der Waals surface area contributed by atoms with Gasteiger partial charge in [0.05, 0.1) is 13.2 Å². The fourth-order valence-electron chi connectivity index (χ4n) is 1.70. The molecule has 4 nitrogen and oxygen atoms in total. The molecule has 0 atom stereocenters. The van der Waals surface area contributed by atoms with Crippen molar-refractivity contribution in [2.75, 3.05) is 19.8 Å². The number of carbonyl (C=O) groups is 1. The van der Waals surface area contributed by atoms with Crippen LogP contribution in [0.5, 0.6) is 0 Å². The average molecular weight is 254 g/mol. The van der Waals surface area contributed by atoms with Crippen LogP contribution in [-0.2, 0) is 16.1 Å². The summed E-state index contributed by atoms with van der Waals surface area (Å²) in [6, 6.07) is 4.50. The fourth-order valence-corrected chi connectivity index (χ4v) is 2.41. The normalized spacial score (nSPS) is 14.9. The summed E-state index contributed by atoms with van der Waals surface area (Å²) in [6.07, 6.45) is 2.24. The minimum atomic E-state index is 0.0781. The van der Waals surface area contributed by atoms with Gasteiger partial charge in [0.25, 0.3) is 0 Å². The molecule has 1 aromatic rings. The maximum absolute atomic E-state index is 12.0. The van der Waals surface area contributed by atoms with Gasteiger partial charge in [0.1, 0.15) is 6.61 Å². The van der Waals surface area contributed by atoms with Crippen molar-refractivity contribution in [1.82, 2.24) is 4.90 Å². The Labute approximate surface area is 105 Å². The topological polar surface area (TPSA) is 55.6 Å².